The number of benzene rings is 3. The lowest BCUT2D eigenvalue weighted by molar-refractivity contribution is -0.128. The highest BCUT2D eigenvalue weighted by atomic mass is 32.2. The number of amides is 2. The zero-order valence-electron chi connectivity index (χ0n) is 19.5. The Hall–Kier alpha value is -3.12. The highest BCUT2D eigenvalue weighted by Crippen LogP contribution is 2.33. The number of aryl methyl sites for hydroxylation is 2. The van der Waals surface area contributed by atoms with E-state index in [2.05, 4.69) is 25.2 Å². The summed E-state index contributed by atoms with van der Waals surface area (Å²) in [7, 11) is 0. The van der Waals surface area contributed by atoms with Gasteiger partial charge in [-0.3, -0.25) is 14.5 Å². The van der Waals surface area contributed by atoms with Crippen molar-refractivity contribution in [2.45, 2.75) is 39.4 Å². The highest BCUT2D eigenvalue weighted by Gasteiger charge is 2.39. The molecule has 1 saturated heterocycles. The number of nitrogens with zero attached hydrogens (tertiary/aromatic N) is 2. The number of thioether (sulfide) groups is 1. The molecule has 1 aliphatic rings. The summed E-state index contributed by atoms with van der Waals surface area (Å²) >= 11 is 1.38. The van der Waals surface area contributed by atoms with Gasteiger partial charge < -0.3 is 5.32 Å². The van der Waals surface area contributed by atoms with Gasteiger partial charge in [-0.2, -0.15) is 0 Å². The molecule has 1 N–H and O–H groups in total. The molecule has 1 fully saturated rings. The van der Waals surface area contributed by atoms with Crippen LogP contribution in [0.25, 0.3) is 10.8 Å². The van der Waals surface area contributed by atoms with Crippen molar-refractivity contribution in [2.24, 2.45) is 10.9 Å². The molecule has 2 amide bonds. The second-order valence-corrected chi connectivity index (χ2v) is 10.2. The van der Waals surface area contributed by atoms with Gasteiger partial charge >= 0.3 is 0 Å². The SMILES string of the molecule is Cc1cc(C)cc(N=C2SC(CC(=O)Nc3ccc4ccccc4c3)C(=O)N2CC(C)C)c1. The normalized spacial score (nSPS) is 17.4. The van der Waals surface area contributed by atoms with E-state index >= 15 is 0 Å². The lowest BCUT2D eigenvalue weighted by atomic mass is 10.1. The highest BCUT2D eigenvalue weighted by molar-refractivity contribution is 8.15. The molecule has 1 unspecified atom stereocenters. The van der Waals surface area contributed by atoms with Crippen molar-refractivity contribution in [3.63, 3.8) is 0 Å². The zero-order valence-corrected chi connectivity index (χ0v) is 20.3. The molecule has 33 heavy (non-hydrogen) atoms. The van der Waals surface area contributed by atoms with E-state index in [-0.39, 0.29) is 18.2 Å². The molecule has 170 valence electrons. The summed E-state index contributed by atoms with van der Waals surface area (Å²) in [5, 5.41) is 5.33. The van der Waals surface area contributed by atoms with Crippen molar-refractivity contribution in [1.29, 1.82) is 0 Å². The minimum absolute atomic E-state index is 0.0505. The van der Waals surface area contributed by atoms with Gasteiger partial charge in [0.1, 0.15) is 5.25 Å². The Bertz CT molecular complexity index is 1210. The molecule has 6 heteroatoms. The maximum atomic E-state index is 13.2. The van der Waals surface area contributed by atoms with E-state index in [1.54, 1.807) is 4.90 Å². The molecular formula is C27H29N3O2S. The van der Waals surface area contributed by atoms with Crippen LogP contribution in [0.4, 0.5) is 11.4 Å². The Morgan fingerprint density at radius 2 is 1.73 bits per heavy atom. The number of anilines is 1. The van der Waals surface area contributed by atoms with Crippen LogP contribution < -0.4 is 5.32 Å². The van der Waals surface area contributed by atoms with Gasteiger partial charge in [-0.1, -0.05) is 62.0 Å². The molecule has 0 radical (unpaired) electrons. The Kier molecular flexibility index (Phi) is 6.84. The van der Waals surface area contributed by atoms with E-state index in [1.807, 2.05) is 68.4 Å². The van der Waals surface area contributed by atoms with E-state index < -0.39 is 5.25 Å². The summed E-state index contributed by atoms with van der Waals surface area (Å²) in [6, 6.07) is 20.0. The Morgan fingerprint density at radius 1 is 1.03 bits per heavy atom. The van der Waals surface area contributed by atoms with Crippen LogP contribution in [-0.4, -0.2) is 33.7 Å². The lowest BCUT2D eigenvalue weighted by Crippen LogP contribution is -2.36. The predicted molar refractivity (Wildman–Crippen MR) is 138 cm³/mol. The van der Waals surface area contributed by atoms with Crippen molar-refractivity contribution in [3.05, 3.63) is 71.8 Å². The molecule has 0 saturated carbocycles. The summed E-state index contributed by atoms with van der Waals surface area (Å²) in [5.74, 6) is 0.0722. The van der Waals surface area contributed by atoms with Crippen LogP contribution in [0.2, 0.25) is 0 Å². The summed E-state index contributed by atoms with van der Waals surface area (Å²) in [6.45, 7) is 8.81. The Morgan fingerprint density at radius 3 is 2.42 bits per heavy atom. The second kappa shape index (κ2) is 9.79. The molecule has 1 aliphatic heterocycles. The van der Waals surface area contributed by atoms with Crippen LogP contribution in [-0.2, 0) is 9.59 Å². The molecule has 1 atom stereocenters. The molecule has 0 spiro atoms. The van der Waals surface area contributed by atoms with E-state index in [1.165, 1.54) is 11.8 Å². The third kappa shape index (κ3) is 5.63. The lowest BCUT2D eigenvalue weighted by Gasteiger charge is -2.18. The van der Waals surface area contributed by atoms with E-state index in [4.69, 9.17) is 4.99 Å². The van der Waals surface area contributed by atoms with Crippen molar-refractivity contribution >= 4 is 50.9 Å². The minimum atomic E-state index is -0.478. The van der Waals surface area contributed by atoms with Gasteiger partial charge in [0.05, 0.1) is 5.69 Å². The van der Waals surface area contributed by atoms with E-state index in [0.717, 1.165) is 33.3 Å². The van der Waals surface area contributed by atoms with Crippen LogP contribution in [0.1, 0.15) is 31.4 Å². The maximum Gasteiger partial charge on any atom is 0.242 e. The fraction of sp³-hybridized carbons (Fsp3) is 0.296. The average Bonchev–Trinajstić information content (AvgIpc) is 3.01. The van der Waals surface area contributed by atoms with Crippen molar-refractivity contribution in [3.8, 4) is 0 Å². The number of rotatable bonds is 6. The minimum Gasteiger partial charge on any atom is -0.326 e. The molecule has 3 aromatic carbocycles. The molecule has 1 heterocycles. The number of carbonyl (C=O) groups excluding carboxylic acids is 2. The number of aliphatic imine (C=N–C) groups is 1. The quantitative estimate of drug-likeness (QED) is 0.486. The fourth-order valence-electron chi connectivity index (χ4n) is 4.03. The van der Waals surface area contributed by atoms with Gasteiger partial charge in [0.25, 0.3) is 0 Å². The molecule has 0 bridgehead atoms. The van der Waals surface area contributed by atoms with Gasteiger partial charge in [-0.15, -0.1) is 0 Å². The maximum absolute atomic E-state index is 13.2. The number of amidine groups is 1. The summed E-state index contributed by atoms with van der Waals surface area (Å²) < 4.78 is 0. The Balaban J connectivity index is 1.51. The number of nitrogens with one attached hydrogen (secondary N) is 1. The first-order valence-electron chi connectivity index (χ1n) is 11.2. The van der Waals surface area contributed by atoms with Crippen molar-refractivity contribution < 1.29 is 9.59 Å². The third-order valence-corrected chi connectivity index (χ3v) is 6.58. The summed E-state index contributed by atoms with van der Waals surface area (Å²) in [6.07, 6.45) is 0.108. The third-order valence-electron chi connectivity index (χ3n) is 5.40. The van der Waals surface area contributed by atoms with Crippen LogP contribution in [0, 0.1) is 19.8 Å². The number of carbonyl (C=O) groups is 2. The van der Waals surface area contributed by atoms with Crippen LogP contribution in [0.5, 0.6) is 0 Å². The van der Waals surface area contributed by atoms with Crippen LogP contribution in [0.3, 0.4) is 0 Å². The van der Waals surface area contributed by atoms with Crippen molar-refractivity contribution in [2.75, 3.05) is 11.9 Å². The topological polar surface area (TPSA) is 61.8 Å². The molecule has 0 aliphatic carbocycles. The second-order valence-electron chi connectivity index (χ2n) is 9.00. The molecular weight excluding hydrogens is 430 g/mol. The summed E-state index contributed by atoms with van der Waals surface area (Å²) in [5.41, 5.74) is 3.82. The first kappa shape index (κ1) is 23.1. The first-order chi connectivity index (χ1) is 15.8. The molecule has 4 rings (SSSR count). The number of hydrogen-bond acceptors (Lipinski definition) is 4. The number of hydrogen-bond donors (Lipinski definition) is 1. The van der Waals surface area contributed by atoms with Gasteiger partial charge in [-0.05, 0) is 65.9 Å². The van der Waals surface area contributed by atoms with Gasteiger partial charge in [-0.25, -0.2) is 4.99 Å². The zero-order chi connectivity index (χ0) is 23.5. The van der Waals surface area contributed by atoms with E-state index in [0.29, 0.717) is 17.6 Å². The van der Waals surface area contributed by atoms with Crippen molar-refractivity contribution in [1.82, 2.24) is 4.90 Å². The predicted octanol–water partition coefficient (Wildman–Crippen LogP) is 6.07. The molecule has 0 aromatic heterocycles. The monoisotopic (exact) mass is 459 g/mol. The van der Waals surface area contributed by atoms with Gasteiger partial charge in [0.2, 0.25) is 11.8 Å². The van der Waals surface area contributed by atoms with Gasteiger partial charge in [0.15, 0.2) is 5.17 Å². The van der Waals surface area contributed by atoms with Gasteiger partial charge in [0, 0.05) is 18.7 Å². The first-order valence-corrected chi connectivity index (χ1v) is 12.1. The van der Waals surface area contributed by atoms with Crippen LogP contribution in [0.15, 0.2) is 65.7 Å². The average molecular weight is 460 g/mol. The Labute approximate surface area is 199 Å². The summed E-state index contributed by atoms with van der Waals surface area (Å²) in [4.78, 5) is 32.5. The largest absolute Gasteiger partial charge is 0.326 e. The van der Waals surface area contributed by atoms with Crippen LogP contribution >= 0.6 is 11.8 Å². The number of fused-ring (bicyclic) bond motifs is 1. The smallest absolute Gasteiger partial charge is 0.242 e. The molecule has 5 nitrogen and oxygen atoms in total. The van der Waals surface area contributed by atoms with E-state index in [9.17, 15) is 9.59 Å². The standard InChI is InChI=1S/C27H29N3O2S/c1-17(2)16-30-26(32)24(33-27(30)29-23-12-18(3)11-19(4)13-23)15-25(31)28-22-10-9-20-7-5-6-8-21(20)14-22/h5-14,17,24H,15-16H2,1-4H3,(H,28,31). The molecule has 3 aromatic rings. The fourth-order valence-corrected chi connectivity index (χ4v) is 5.20.